The molecule has 0 bridgehead atoms. The van der Waals surface area contributed by atoms with Crippen molar-refractivity contribution in [3.05, 3.63) is 95.1 Å². The number of thioether (sulfide) groups is 1. The molecule has 0 radical (unpaired) electrons. The molecule has 5 rings (SSSR count). The lowest BCUT2D eigenvalue weighted by Gasteiger charge is -2.20. The fourth-order valence-corrected chi connectivity index (χ4v) is 4.77. The van der Waals surface area contributed by atoms with Crippen LogP contribution in [0.1, 0.15) is 16.7 Å². The molecule has 0 aromatic heterocycles. The van der Waals surface area contributed by atoms with Crippen LogP contribution in [0.5, 0.6) is 17.2 Å². The molecule has 0 saturated carbocycles. The molecule has 3 aromatic rings. The molecule has 37 heavy (non-hydrogen) atoms. The van der Waals surface area contributed by atoms with Gasteiger partial charge in [-0.1, -0.05) is 48.5 Å². The Morgan fingerprint density at radius 3 is 2.41 bits per heavy atom. The summed E-state index contributed by atoms with van der Waals surface area (Å²) in [5, 5.41) is 15.7. The number of hydrogen-bond acceptors (Lipinski definition) is 7. The van der Waals surface area contributed by atoms with Gasteiger partial charge in [0.2, 0.25) is 5.17 Å². The van der Waals surface area contributed by atoms with Crippen molar-refractivity contribution in [2.45, 2.75) is 6.92 Å². The van der Waals surface area contributed by atoms with Crippen LogP contribution in [0.15, 0.2) is 88.5 Å². The predicted molar refractivity (Wildman–Crippen MR) is 146 cm³/mol. The smallest absolute Gasteiger partial charge is 0.283 e. The minimum atomic E-state index is -0.459. The summed E-state index contributed by atoms with van der Waals surface area (Å²) >= 11 is 1.29. The van der Waals surface area contributed by atoms with E-state index in [0.29, 0.717) is 40.7 Å². The van der Waals surface area contributed by atoms with Crippen LogP contribution in [0.2, 0.25) is 0 Å². The van der Waals surface area contributed by atoms with Gasteiger partial charge in [0, 0.05) is 5.56 Å². The normalized spacial score (nSPS) is 15.8. The number of rotatable bonds is 8. The molecule has 2 aliphatic rings. The molecule has 0 aliphatic carbocycles. The number of amidine groups is 2. The number of methoxy groups -OCH3 is 1. The Morgan fingerprint density at radius 1 is 0.946 bits per heavy atom. The molecule has 1 amide bonds. The number of para-hydroxylation sites is 2. The number of amides is 1. The average molecular weight is 513 g/mol. The second kappa shape index (κ2) is 10.7. The summed E-state index contributed by atoms with van der Waals surface area (Å²) in [6, 6.07) is 22.6. The number of nitrogens with zero attached hydrogens (tertiary/aromatic N) is 3. The lowest BCUT2D eigenvalue weighted by molar-refractivity contribution is -0.114. The predicted octanol–water partition coefficient (Wildman–Crippen LogP) is 5.13. The molecule has 0 saturated heterocycles. The van der Waals surface area contributed by atoms with Crippen molar-refractivity contribution in [2.24, 2.45) is 10.1 Å². The van der Waals surface area contributed by atoms with Crippen LogP contribution < -0.4 is 14.2 Å². The maximum atomic E-state index is 12.7. The lowest BCUT2D eigenvalue weighted by atomic mass is 10.1. The third-order valence-corrected chi connectivity index (χ3v) is 6.64. The molecule has 2 aliphatic heterocycles. The van der Waals surface area contributed by atoms with Gasteiger partial charge < -0.3 is 14.2 Å². The quantitative estimate of drug-likeness (QED) is 0.332. The van der Waals surface area contributed by atoms with Crippen LogP contribution in [0.25, 0.3) is 6.08 Å². The molecule has 0 spiro atoms. The van der Waals surface area contributed by atoms with Gasteiger partial charge in [-0.3, -0.25) is 10.2 Å². The number of carbonyl (C=O) groups excluding carboxylic acids is 1. The summed E-state index contributed by atoms with van der Waals surface area (Å²) in [6.07, 6.45) is 1.64. The van der Waals surface area contributed by atoms with E-state index in [1.807, 2.05) is 67.6 Å². The van der Waals surface area contributed by atoms with E-state index in [9.17, 15) is 4.79 Å². The van der Waals surface area contributed by atoms with E-state index >= 15 is 0 Å². The molecule has 0 atom stereocenters. The van der Waals surface area contributed by atoms with Crippen molar-refractivity contribution in [3.63, 3.8) is 0 Å². The van der Waals surface area contributed by atoms with Gasteiger partial charge >= 0.3 is 0 Å². The summed E-state index contributed by atoms with van der Waals surface area (Å²) in [5.41, 5.74) is 2.95. The van der Waals surface area contributed by atoms with Crippen LogP contribution >= 0.6 is 11.8 Å². The van der Waals surface area contributed by atoms with Crippen molar-refractivity contribution in [1.82, 2.24) is 5.01 Å². The van der Waals surface area contributed by atoms with Gasteiger partial charge in [-0.05, 0) is 60.2 Å². The van der Waals surface area contributed by atoms with Crippen molar-refractivity contribution >= 4 is 39.8 Å². The van der Waals surface area contributed by atoms with E-state index in [1.165, 1.54) is 16.8 Å². The summed E-state index contributed by atoms with van der Waals surface area (Å²) in [5.74, 6) is 1.54. The van der Waals surface area contributed by atoms with Crippen LogP contribution in [-0.2, 0) is 4.79 Å². The minimum absolute atomic E-state index is 0.0000930. The molecular formula is C28H24N4O4S. The zero-order valence-corrected chi connectivity index (χ0v) is 21.1. The Labute approximate surface area is 218 Å². The fourth-order valence-electron chi connectivity index (χ4n) is 3.79. The Bertz CT molecular complexity index is 1450. The Hall–Kier alpha value is -4.37. The second-order valence-corrected chi connectivity index (χ2v) is 9.11. The minimum Gasteiger partial charge on any atom is -0.493 e. The van der Waals surface area contributed by atoms with E-state index in [4.69, 9.17) is 19.6 Å². The van der Waals surface area contributed by atoms with Crippen molar-refractivity contribution < 1.29 is 19.0 Å². The molecule has 2 heterocycles. The van der Waals surface area contributed by atoms with Gasteiger partial charge in [-0.2, -0.15) is 15.1 Å². The van der Waals surface area contributed by atoms with Crippen molar-refractivity contribution in [1.29, 1.82) is 5.41 Å². The largest absolute Gasteiger partial charge is 0.493 e. The van der Waals surface area contributed by atoms with Gasteiger partial charge in [0.1, 0.15) is 24.0 Å². The highest BCUT2D eigenvalue weighted by atomic mass is 32.2. The summed E-state index contributed by atoms with van der Waals surface area (Å²) < 4.78 is 16.8. The first-order valence-corrected chi connectivity index (χ1v) is 12.4. The molecular weight excluding hydrogens is 488 g/mol. The number of hydrogen-bond donors (Lipinski definition) is 1. The third-order valence-electron chi connectivity index (χ3n) is 5.70. The van der Waals surface area contributed by atoms with Gasteiger partial charge in [0.15, 0.2) is 17.3 Å². The van der Waals surface area contributed by atoms with E-state index in [-0.39, 0.29) is 11.4 Å². The lowest BCUT2D eigenvalue weighted by Crippen LogP contribution is -2.35. The molecule has 186 valence electrons. The zero-order valence-electron chi connectivity index (χ0n) is 20.3. The van der Waals surface area contributed by atoms with E-state index < -0.39 is 5.91 Å². The first-order valence-electron chi connectivity index (χ1n) is 11.6. The number of carbonyl (C=O) groups is 1. The molecule has 0 fully saturated rings. The van der Waals surface area contributed by atoms with Gasteiger partial charge in [0.25, 0.3) is 5.91 Å². The number of fused-ring (bicyclic) bond motifs is 1. The fraction of sp³-hybridized carbons (Fsp3) is 0.143. The summed E-state index contributed by atoms with van der Waals surface area (Å²) in [6.45, 7) is 2.71. The average Bonchev–Trinajstić information content (AvgIpc) is 3.34. The van der Waals surface area contributed by atoms with E-state index in [2.05, 4.69) is 10.1 Å². The Balaban J connectivity index is 1.23. The number of aliphatic imine (C=N–C) groups is 1. The van der Waals surface area contributed by atoms with Gasteiger partial charge in [-0.15, -0.1) is 0 Å². The highest BCUT2D eigenvalue weighted by Gasteiger charge is 2.36. The molecule has 1 N–H and O–H groups in total. The van der Waals surface area contributed by atoms with E-state index in [1.54, 1.807) is 25.3 Å². The van der Waals surface area contributed by atoms with Gasteiger partial charge in [-0.25, -0.2) is 0 Å². The Kier molecular flexibility index (Phi) is 7.04. The Morgan fingerprint density at radius 2 is 1.65 bits per heavy atom. The van der Waals surface area contributed by atoms with Crippen LogP contribution in [0, 0.1) is 12.3 Å². The number of aryl methyl sites for hydroxylation is 1. The molecule has 8 nitrogen and oxygen atoms in total. The van der Waals surface area contributed by atoms with Gasteiger partial charge in [0.05, 0.1) is 12.7 Å². The topological polar surface area (TPSA) is 96.6 Å². The third kappa shape index (κ3) is 5.26. The number of nitrogens with one attached hydrogen (secondary N) is 1. The first-order chi connectivity index (χ1) is 18.0. The standard InChI is InChI=1S/C28H24N4O4S/c1-18-7-3-4-8-21(18)27-31-32-25(29)22(26(33)30-28(32)37-27)17-19-11-13-20(14-12-19)35-15-16-36-24-10-6-5-9-23(24)34-2/h3-14,17,29H,15-16H2,1-2H3/b22-17-,29-25?. The maximum Gasteiger partial charge on any atom is 0.283 e. The highest BCUT2D eigenvalue weighted by Crippen LogP contribution is 2.32. The van der Waals surface area contributed by atoms with Crippen molar-refractivity contribution in [2.75, 3.05) is 20.3 Å². The molecule has 9 heteroatoms. The van der Waals surface area contributed by atoms with Crippen molar-refractivity contribution in [3.8, 4) is 17.2 Å². The first kappa shape index (κ1) is 24.3. The summed E-state index contributed by atoms with van der Waals surface area (Å²) in [7, 11) is 1.60. The van der Waals surface area contributed by atoms with Crippen LogP contribution in [-0.4, -0.2) is 47.3 Å². The highest BCUT2D eigenvalue weighted by molar-refractivity contribution is 8.27. The second-order valence-electron chi connectivity index (χ2n) is 8.16. The summed E-state index contributed by atoms with van der Waals surface area (Å²) in [4.78, 5) is 16.9. The monoisotopic (exact) mass is 512 g/mol. The molecule has 0 unspecified atom stereocenters. The molecule has 3 aromatic carbocycles. The maximum absolute atomic E-state index is 12.7. The zero-order chi connectivity index (χ0) is 25.8. The van der Waals surface area contributed by atoms with Crippen LogP contribution in [0.3, 0.4) is 0 Å². The number of benzene rings is 3. The van der Waals surface area contributed by atoms with Crippen LogP contribution in [0.4, 0.5) is 0 Å². The SMILES string of the molecule is COc1ccccc1OCCOc1ccc(/C=C2/C(=N)N3N=C(c4ccccc4C)SC3=NC2=O)cc1. The number of hydrazone groups is 1. The van der Waals surface area contributed by atoms with E-state index in [0.717, 1.165) is 16.7 Å². The number of ether oxygens (including phenoxy) is 3.